The highest BCUT2D eigenvalue weighted by Gasteiger charge is 2.18. The third-order valence-corrected chi connectivity index (χ3v) is 3.21. The highest BCUT2D eigenvalue weighted by Crippen LogP contribution is 2.27. The molecule has 1 atom stereocenters. The molecule has 0 aliphatic carbocycles. The molecule has 1 aliphatic rings. The average Bonchev–Trinajstić information content (AvgIpc) is 2.37. The first-order valence-corrected chi connectivity index (χ1v) is 6.09. The lowest BCUT2D eigenvalue weighted by atomic mass is 10.0. The van der Waals surface area contributed by atoms with Gasteiger partial charge in [0.25, 0.3) is 0 Å². The second-order valence-corrected chi connectivity index (χ2v) is 4.71. The standard InChI is InChI=1S/C13H17N3O3/c1-16(7-10(14)13(18)19)9-3-4-11-8(6-9)2-5-12(17)15-11/h3-4,6,10H,2,5,7,14H2,1H3,(H,15,17)(H,18,19). The van der Waals surface area contributed by atoms with Gasteiger partial charge in [0, 0.05) is 31.4 Å². The Morgan fingerprint density at radius 3 is 2.95 bits per heavy atom. The summed E-state index contributed by atoms with van der Waals surface area (Å²) < 4.78 is 0. The summed E-state index contributed by atoms with van der Waals surface area (Å²) in [6, 6.07) is 4.73. The van der Waals surface area contributed by atoms with Gasteiger partial charge in [-0.25, -0.2) is 0 Å². The van der Waals surface area contributed by atoms with E-state index in [9.17, 15) is 9.59 Å². The summed E-state index contributed by atoms with van der Waals surface area (Å²) in [5, 5.41) is 11.6. The van der Waals surface area contributed by atoms with E-state index in [0.29, 0.717) is 12.8 Å². The molecule has 1 heterocycles. The van der Waals surface area contributed by atoms with Gasteiger partial charge in [0.1, 0.15) is 6.04 Å². The molecule has 1 unspecified atom stereocenters. The van der Waals surface area contributed by atoms with Crippen molar-refractivity contribution in [2.45, 2.75) is 18.9 Å². The van der Waals surface area contributed by atoms with Gasteiger partial charge in [0.2, 0.25) is 5.91 Å². The van der Waals surface area contributed by atoms with E-state index >= 15 is 0 Å². The smallest absolute Gasteiger partial charge is 0.322 e. The zero-order valence-corrected chi connectivity index (χ0v) is 10.7. The molecule has 19 heavy (non-hydrogen) atoms. The summed E-state index contributed by atoms with van der Waals surface area (Å²) in [6.07, 6.45) is 1.18. The Hall–Kier alpha value is -2.08. The number of aryl methyl sites for hydroxylation is 1. The van der Waals surface area contributed by atoms with Gasteiger partial charge < -0.3 is 21.1 Å². The highest BCUT2D eigenvalue weighted by molar-refractivity contribution is 5.94. The van der Waals surface area contributed by atoms with Gasteiger partial charge in [-0.15, -0.1) is 0 Å². The summed E-state index contributed by atoms with van der Waals surface area (Å²) >= 11 is 0. The molecule has 102 valence electrons. The maximum atomic E-state index is 11.3. The molecule has 0 saturated heterocycles. The molecule has 1 aromatic carbocycles. The monoisotopic (exact) mass is 263 g/mol. The van der Waals surface area contributed by atoms with Gasteiger partial charge in [-0.1, -0.05) is 0 Å². The van der Waals surface area contributed by atoms with Crippen LogP contribution in [0.15, 0.2) is 18.2 Å². The summed E-state index contributed by atoms with van der Waals surface area (Å²) in [6.45, 7) is 0.237. The first-order valence-electron chi connectivity index (χ1n) is 6.09. The molecule has 6 heteroatoms. The van der Waals surface area contributed by atoms with E-state index in [2.05, 4.69) is 5.32 Å². The van der Waals surface area contributed by atoms with Crippen LogP contribution in [-0.4, -0.2) is 36.6 Å². The van der Waals surface area contributed by atoms with E-state index in [4.69, 9.17) is 10.8 Å². The normalized spacial score (nSPS) is 15.4. The molecule has 2 rings (SSSR count). The van der Waals surface area contributed by atoms with E-state index in [0.717, 1.165) is 16.9 Å². The van der Waals surface area contributed by atoms with Gasteiger partial charge in [0.15, 0.2) is 0 Å². The number of aliphatic carboxylic acids is 1. The number of benzene rings is 1. The fourth-order valence-corrected chi connectivity index (χ4v) is 2.09. The van der Waals surface area contributed by atoms with Crippen LogP contribution < -0.4 is 16.0 Å². The van der Waals surface area contributed by atoms with Crippen LogP contribution in [-0.2, 0) is 16.0 Å². The molecule has 0 aromatic heterocycles. The molecule has 4 N–H and O–H groups in total. The van der Waals surface area contributed by atoms with E-state index in [-0.39, 0.29) is 12.5 Å². The van der Waals surface area contributed by atoms with Gasteiger partial charge in [-0.2, -0.15) is 0 Å². The summed E-state index contributed by atoms with van der Waals surface area (Å²) in [5.41, 5.74) is 8.30. The number of likely N-dealkylation sites (N-methyl/N-ethyl adjacent to an activating group) is 1. The number of anilines is 2. The fourth-order valence-electron chi connectivity index (χ4n) is 2.09. The second kappa shape index (κ2) is 5.27. The number of hydrogen-bond acceptors (Lipinski definition) is 4. The zero-order chi connectivity index (χ0) is 14.0. The molecule has 1 aliphatic heterocycles. The van der Waals surface area contributed by atoms with Crippen molar-refractivity contribution in [2.24, 2.45) is 5.73 Å². The van der Waals surface area contributed by atoms with Crippen LogP contribution in [0.3, 0.4) is 0 Å². The molecule has 0 spiro atoms. The zero-order valence-electron chi connectivity index (χ0n) is 10.7. The Morgan fingerprint density at radius 2 is 2.26 bits per heavy atom. The number of nitrogens with one attached hydrogen (secondary N) is 1. The third-order valence-electron chi connectivity index (χ3n) is 3.21. The van der Waals surface area contributed by atoms with E-state index in [1.807, 2.05) is 18.2 Å². The summed E-state index contributed by atoms with van der Waals surface area (Å²) in [7, 11) is 1.80. The maximum absolute atomic E-state index is 11.3. The number of nitrogens with zero attached hydrogens (tertiary/aromatic N) is 1. The quantitative estimate of drug-likeness (QED) is 0.731. The number of hydrogen-bond donors (Lipinski definition) is 3. The van der Waals surface area contributed by atoms with Crippen LogP contribution in [0.4, 0.5) is 11.4 Å². The predicted octanol–water partition coefficient (Wildman–Crippen LogP) is 0.419. The van der Waals surface area contributed by atoms with Crippen molar-refractivity contribution in [1.29, 1.82) is 0 Å². The largest absolute Gasteiger partial charge is 0.480 e. The Labute approximate surface area is 111 Å². The van der Waals surface area contributed by atoms with Crippen LogP contribution >= 0.6 is 0 Å². The van der Waals surface area contributed by atoms with Crippen molar-refractivity contribution >= 4 is 23.3 Å². The molecule has 0 fully saturated rings. The predicted molar refractivity (Wildman–Crippen MR) is 72.3 cm³/mol. The molecule has 1 aromatic rings. The Bertz CT molecular complexity index is 516. The number of amides is 1. The molecule has 0 bridgehead atoms. The van der Waals surface area contributed by atoms with E-state index in [1.54, 1.807) is 11.9 Å². The van der Waals surface area contributed by atoms with Gasteiger partial charge >= 0.3 is 5.97 Å². The Balaban J connectivity index is 2.13. The number of fused-ring (bicyclic) bond motifs is 1. The third kappa shape index (κ3) is 3.03. The van der Waals surface area contributed by atoms with Gasteiger partial charge in [-0.05, 0) is 30.2 Å². The van der Waals surface area contributed by atoms with Crippen LogP contribution in [0.2, 0.25) is 0 Å². The summed E-state index contributed by atoms with van der Waals surface area (Å²) in [4.78, 5) is 23.8. The fraction of sp³-hybridized carbons (Fsp3) is 0.385. The molecular weight excluding hydrogens is 246 g/mol. The van der Waals surface area contributed by atoms with Crippen LogP contribution in [0, 0.1) is 0 Å². The minimum Gasteiger partial charge on any atom is -0.480 e. The maximum Gasteiger partial charge on any atom is 0.322 e. The minimum atomic E-state index is -1.02. The van der Waals surface area contributed by atoms with Crippen molar-refractivity contribution < 1.29 is 14.7 Å². The molecule has 6 nitrogen and oxygen atoms in total. The lowest BCUT2D eigenvalue weighted by Crippen LogP contribution is -2.41. The minimum absolute atomic E-state index is 0.0292. The lowest BCUT2D eigenvalue weighted by Gasteiger charge is -2.24. The molecule has 1 amide bonds. The SMILES string of the molecule is CN(CC(N)C(=O)O)c1ccc2c(c1)CCC(=O)N2. The van der Waals surface area contributed by atoms with Crippen LogP contribution in [0.1, 0.15) is 12.0 Å². The number of carbonyl (C=O) groups excluding carboxylic acids is 1. The van der Waals surface area contributed by atoms with Crippen molar-refractivity contribution in [1.82, 2.24) is 0 Å². The number of carboxylic acid groups (broad SMARTS) is 1. The number of carbonyl (C=O) groups is 2. The molecular formula is C13H17N3O3. The van der Waals surface area contributed by atoms with E-state index in [1.165, 1.54) is 0 Å². The van der Waals surface area contributed by atoms with Crippen LogP contribution in [0.5, 0.6) is 0 Å². The molecule has 0 saturated carbocycles. The van der Waals surface area contributed by atoms with Crippen molar-refractivity contribution in [2.75, 3.05) is 23.8 Å². The topological polar surface area (TPSA) is 95.7 Å². The van der Waals surface area contributed by atoms with Gasteiger partial charge in [-0.3, -0.25) is 9.59 Å². The number of carboxylic acids is 1. The number of nitrogens with two attached hydrogens (primary N) is 1. The molecule has 0 radical (unpaired) electrons. The highest BCUT2D eigenvalue weighted by atomic mass is 16.4. The van der Waals surface area contributed by atoms with Crippen LogP contribution in [0.25, 0.3) is 0 Å². The second-order valence-electron chi connectivity index (χ2n) is 4.71. The number of rotatable bonds is 4. The first kappa shape index (κ1) is 13.4. The average molecular weight is 263 g/mol. The lowest BCUT2D eigenvalue weighted by molar-refractivity contribution is -0.138. The van der Waals surface area contributed by atoms with Gasteiger partial charge in [0.05, 0.1) is 0 Å². The Morgan fingerprint density at radius 1 is 1.53 bits per heavy atom. The van der Waals surface area contributed by atoms with E-state index < -0.39 is 12.0 Å². The van der Waals surface area contributed by atoms with Crippen molar-refractivity contribution in [3.8, 4) is 0 Å². The summed E-state index contributed by atoms with van der Waals surface area (Å²) in [5.74, 6) is -0.987. The Kier molecular flexibility index (Phi) is 3.71. The van der Waals surface area contributed by atoms with Crippen molar-refractivity contribution in [3.63, 3.8) is 0 Å². The van der Waals surface area contributed by atoms with Crippen molar-refractivity contribution in [3.05, 3.63) is 23.8 Å². The first-order chi connectivity index (χ1) is 8.97.